The third kappa shape index (κ3) is 3.51. The van der Waals surface area contributed by atoms with E-state index in [4.69, 9.17) is 9.47 Å². The molecular formula is C16H18N2O3S. The molecule has 0 spiro atoms. The standard InChI is InChI=1S/C16H18N2O3S/c1-10-7-15(19)18-17-12(10)6-5-11-8-13(20-2)16(22-4)14(9-11)21-3/h5-9H,1-4H3,(H,18,19). The number of aryl methyl sites for hydroxylation is 1. The number of aromatic nitrogens is 2. The molecule has 0 atom stereocenters. The number of methoxy groups -OCH3 is 2. The summed E-state index contributed by atoms with van der Waals surface area (Å²) in [6.45, 7) is 1.85. The van der Waals surface area contributed by atoms with E-state index in [1.165, 1.54) is 6.07 Å². The van der Waals surface area contributed by atoms with Crippen LogP contribution in [0.2, 0.25) is 0 Å². The SMILES string of the molecule is COc1cc(C=Cc2n[nH]c(=O)cc2C)cc(OC)c1SC. The molecule has 0 fully saturated rings. The van der Waals surface area contributed by atoms with Gasteiger partial charge in [-0.3, -0.25) is 4.79 Å². The van der Waals surface area contributed by atoms with Gasteiger partial charge in [0.05, 0.1) is 24.8 Å². The van der Waals surface area contributed by atoms with Gasteiger partial charge in [-0.15, -0.1) is 11.8 Å². The van der Waals surface area contributed by atoms with Crippen molar-refractivity contribution in [2.75, 3.05) is 20.5 Å². The highest BCUT2D eigenvalue weighted by molar-refractivity contribution is 7.98. The van der Waals surface area contributed by atoms with Crippen molar-refractivity contribution < 1.29 is 9.47 Å². The number of nitrogens with one attached hydrogen (secondary N) is 1. The van der Waals surface area contributed by atoms with Crippen LogP contribution in [0.1, 0.15) is 16.8 Å². The van der Waals surface area contributed by atoms with Crippen molar-refractivity contribution in [3.05, 3.63) is 45.4 Å². The van der Waals surface area contributed by atoms with Crippen LogP contribution in [-0.4, -0.2) is 30.7 Å². The predicted molar refractivity (Wildman–Crippen MR) is 89.8 cm³/mol. The number of hydrogen-bond acceptors (Lipinski definition) is 5. The predicted octanol–water partition coefficient (Wildman–Crippen LogP) is 2.99. The number of H-pyrrole nitrogens is 1. The maximum atomic E-state index is 11.2. The minimum Gasteiger partial charge on any atom is -0.495 e. The van der Waals surface area contributed by atoms with E-state index in [0.717, 1.165) is 27.5 Å². The molecule has 0 aliphatic rings. The van der Waals surface area contributed by atoms with Gasteiger partial charge in [0.15, 0.2) is 0 Å². The average molecular weight is 318 g/mol. The fraction of sp³-hybridized carbons (Fsp3) is 0.250. The minimum atomic E-state index is -0.206. The smallest absolute Gasteiger partial charge is 0.264 e. The van der Waals surface area contributed by atoms with Gasteiger partial charge in [0.2, 0.25) is 0 Å². The summed E-state index contributed by atoms with van der Waals surface area (Å²) in [6, 6.07) is 5.39. The van der Waals surface area contributed by atoms with E-state index in [2.05, 4.69) is 10.2 Å². The molecule has 0 aliphatic carbocycles. The topological polar surface area (TPSA) is 64.2 Å². The third-order valence-electron chi connectivity index (χ3n) is 3.16. The van der Waals surface area contributed by atoms with Crippen LogP contribution >= 0.6 is 11.8 Å². The average Bonchev–Trinajstić information content (AvgIpc) is 2.52. The molecule has 0 saturated heterocycles. The second-order valence-electron chi connectivity index (χ2n) is 4.59. The number of aromatic amines is 1. The molecule has 22 heavy (non-hydrogen) atoms. The number of rotatable bonds is 5. The Labute approximate surface area is 133 Å². The molecule has 0 unspecified atom stereocenters. The van der Waals surface area contributed by atoms with Gasteiger partial charge in [0, 0.05) is 6.07 Å². The Morgan fingerprint density at radius 3 is 2.27 bits per heavy atom. The lowest BCUT2D eigenvalue weighted by Gasteiger charge is -2.12. The first-order valence-electron chi connectivity index (χ1n) is 6.63. The van der Waals surface area contributed by atoms with E-state index in [-0.39, 0.29) is 5.56 Å². The molecule has 2 rings (SSSR count). The molecule has 2 aromatic rings. The summed E-state index contributed by atoms with van der Waals surface area (Å²) in [5.74, 6) is 1.52. The Kier molecular flexibility index (Phi) is 5.27. The minimum absolute atomic E-state index is 0.206. The molecule has 5 nitrogen and oxygen atoms in total. The van der Waals surface area contributed by atoms with Crippen LogP contribution in [0.3, 0.4) is 0 Å². The van der Waals surface area contributed by atoms with Gasteiger partial charge >= 0.3 is 0 Å². The fourth-order valence-corrected chi connectivity index (χ4v) is 2.73. The van der Waals surface area contributed by atoms with Crippen molar-refractivity contribution >= 4 is 23.9 Å². The van der Waals surface area contributed by atoms with Gasteiger partial charge < -0.3 is 9.47 Å². The molecule has 6 heteroatoms. The van der Waals surface area contributed by atoms with Crippen LogP contribution in [-0.2, 0) is 0 Å². The maximum absolute atomic E-state index is 11.2. The summed E-state index contributed by atoms with van der Waals surface area (Å²) in [4.78, 5) is 12.1. The zero-order valence-corrected chi connectivity index (χ0v) is 13.8. The van der Waals surface area contributed by atoms with Crippen molar-refractivity contribution in [1.29, 1.82) is 0 Å². The fourth-order valence-electron chi connectivity index (χ4n) is 2.05. The Bertz CT molecular complexity index is 728. The maximum Gasteiger partial charge on any atom is 0.264 e. The van der Waals surface area contributed by atoms with E-state index in [1.807, 2.05) is 37.5 Å². The summed E-state index contributed by atoms with van der Waals surface area (Å²) in [7, 11) is 3.27. The Morgan fingerprint density at radius 2 is 1.77 bits per heavy atom. The first-order valence-corrected chi connectivity index (χ1v) is 7.86. The van der Waals surface area contributed by atoms with E-state index >= 15 is 0 Å². The Balaban J connectivity index is 2.40. The lowest BCUT2D eigenvalue weighted by molar-refractivity contribution is 0.376. The van der Waals surface area contributed by atoms with E-state index in [9.17, 15) is 4.79 Å². The highest BCUT2D eigenvalue weighted by atomic mass is 32.2. The van der Waals surface area contributed by atoms with Crippen LogP contribution in [0.5, 0.6) is 11.5 Å². The summed E-state index contributed by atoms with van der Waals surface area (Å²) >= 11 is 1.57. The van der Waals surface area contributed by atoms with E-state index in [1.54, 1.807) is 26.0 Å². The summed E-state index contributed by atoms with van der Waals surface area (Å²) < 4.78 is 10.8. The molecule has 0 aliphatic heterocycles. The van der Waals surface area contributed by atoms with Crippen LogP contribution in [0.4, 0.5) is 0 Å². The van der Waals surface area contributed by atoms with Crippen molar-refractivity contribution in [2.24, 2.45) is 0 Å². The normalized spacial score (nSPS) is 10.9. The van der Waals surface area contributed by atoms with E-state index < -0.39 is 0 Å². The van der Waals surface area contributed by atoms with Gasteiger partial charge in [-0.05, 0) is 42.5 Å². The largest absolute Gasteiger partial charge is 0.495 e. The van der Waals surface area contributed by atoms with Crippen molar-refractivity contribution in [3.8, 4) is 11.5 Å². The lowest BCUT2D eigenvalue weighted by Crippen LogP contribution is -2.08. The van der Waals surface area contributed by atoms with Crippen molar-refractivity contribution in [3.63, 3.8) is 0 Å². The highest BCUT2D eigenvalue weighted by Gasteiger charge is 2.10. The van der Waals surface area contributed by atoms with Gasteiger partial charge in [-0.1, -0.05) is 6.08 Å². The zero-order valence-electron chi connectivity index (χ0n) is 13.0. The van der Waals surface area contributed by atoms with Crippen LogP contribution in [0, 0.1) is 6.92 Å². The Morgan fingerprint density at radius 1 is 1.14 bits per heavy atom. The highest BCUT2D eigenvalue weighted by Crippen LogP contribution is 2.38. The second-order valence-corrected chi connectivity index (χ2v) is 5.41. The van der Waals surface area contributed by atoms with E-state index in [0.29, 0.717) is 5.69 Å². The first-order chi connectivity index (χ1) is 10.6. The molecule has 0 saturated carbocycles. The van der Waals surface area contributed by atoms with Gasteiger partial charge in [-0.25, -0.2) is 5.10 Å². The number of thioether (sulfide) groups is 1. The lowest BCUT2D eigenvalue weighted by atomic mass is 10.1. The Hall–Kier alpha value is -2.21. The summed E-state index contributed by atoms with van der Waals surface area (Å²) in [5.41, 5.74) is 2.26. The van der Waals surface area contributed by atoms with Gasteiger partial charge in [0.1, 0.15) is 11.5 Å². The molecule has 1 aromatic carbocycles. The van der Waals surface area contributed by atoms with Crippen LogP contribution < -0.4 is 15.0 Å². The zero-order chi connectivity index (χ0) is 16.1. The number of hydrogen-bond donors (Lipinski definition) is 1. The van der Waals surface area contributed by atoms with Crippen LogP contribution in [0.15, 0.2) is 27.9 Å². The summed E-state index contributed by atoms with van der Waals surface area (Å²) in [5, 5.41) is 6.45. The molecule has 1 aromatic heterocycles. The van der Waals surface area contributed by atoms with Crippen LogP contribution in [0.25, 0.3) is 12.2 Å². The second kappa shape index (κ2) is 7.17. The number of ether oxygens (including phenoxy) is 2. The number of nitrogens with zero attached hydrogens (tertiary/aromatic N) is 1. The van der Waals surface area contributed by atoms with Gasteiger partial charge in [0.25, 0.3) is 5.56 Å². The number of benzene rings is 1. The van der Waals surface area contributed by atoms with Crippen molar-refractivity contribution in [2.45, 2.75) is 11.8 Å². The molecule has 0 bridgehead atoms. The molecular weight excluding hydrogens is 300 g/mol. The monoisotopic (exact) mass is 318 g/mol. The first kappa shape index (κ1) is 16.2. The molecule has 116 valence electrons. The van der Waals surface area contributed by atoms with Gasteiger partial charge in [-0.2, -0.15) is 5.10 Å². The molecule has 0 amide bonds. The molecule has 1 heterocycles. The third-order valence-corrected chi connectivity index (χ3v) is 3.97. The molecule has 0 radical (unpaired) electrons. The molecule has 1 N–H and O–H groups in total. The summed E-state index contributed by atoms with van der Waals surface area (Å²) in [6.07, 6.45) is 5.73. The van der Waals surface area contributed by atoms with Crippen molar-refractivity contribution in [1.82, 2.24) is 10.2 Å². The quantitative estimate of drug-likeness (QED) is 0.859.